The maximum Gasteiger partial charge on any atom is 0.344 e. The summed E-state index contributed by atoms with van der Waals surface area (Å²) in [4.78, 5) is 15.9. The highest BCUT2D eigenvalue weighted by Gasteiger charge is 2.16. The number of aromatic nitrogens is 1. The van der Waals surface area contributed by atoms with Crippen LogP contribution in [-0.2, 0) is 9.53 Å². The number of nitrogens with zero attached hydrogens (tertiary/aromatic N) is 1. The first-order chi connectivity index (χ1) is 8.96. The molecular weight excluding hydrogens is 242 g/mol. The summed E-state index contributed by atoms with van der Waals surface area (Å²) in [6, 6.07) is 9.42. The van der Waals surface area contributed by atoms with E-state index in [1.807, 2.05) is 45.0 Å². The van der Waals surface area contributed by atoms with Crippen LogP contribution in [0.15, 0.2) is 36.5 Å². The van der Waals surface area contributed by atoms with E-state index in [0.29, 0.717) is 5.75 Å². The molecule has 1 heterocycles. The van der Waals surface area contributed by atoms with Crippen LogP contribution < -0.4 is 4.74 Å². The third kappa shape index (κ3) is 3.68. The third-order valence-electron chi connectivity index (χ3n) is 2.36. The number of para-hydroxylation sites is 1. The van der Waals surface area contributed by atoms with Gasteiger partial charge in [0.2, 0.25) is 0 Å². The van der Waals surface area contributed by atoms with Gasteiger partial charge in [-0.1, -0.05) is 18.2 Å². The van der Waals surface area contributed by atoms with E-state index in [-0.39, 0.29) is 12.6 Å². The first-order valence-corrected chi connectivity index (χ1v) is 6.14. The number of ether oxygens (including phenoxy) is 2. The van der Waals surface area contributed by atoms with Gasteiger partial charge >= 0.3 is 5.97 Å². The predicted octanol–water partition coefficient (Wildman–Crippen LogP) is 2.96. The van der Waals surface area contributed by atoms with Gasteiger partial charge in [-0.15, -0.1) is 0 Å². The Morgan fingerprint density at radius 3 is 2.68 bits per heavy atom. The minimum absolute atomic E-state index is 0.118. The number of carbonyl (C=O) groups excluding carboxylic acids is 1. The fourth-order valence-electron chi connectivity index (χ4n) is 1.70. The van der Waals surface area contributed by atoms with Crippen molar-refractivity contribution in [3.8, 4) is 5.75 Å². The summed E-state index contributed by atoms with van der Waals surface area (Å²) in [6.45, 7) is 5.35. The van der Waals surface area contributed by atoms with Crippen molar-refractivity contribution in [2.24, 2.45) is 0 Å². The summed E-state index contributed by atoms with van der Waals surface area (Å²) in [5, 5.41) is 0.976. The largest absolute Gasteiger partial charge is 0.480 e. The number of hydrogen-bond acceptors (Lipinski definition) is 4. The van der Waals surface area contributed by atoms with Crippen LogP contribution in [0.2, 0.25) is 0 Å². The van der Waals surface area contributed by atoms with Crippen LogP contribution in [0, 0.1) is 0 Å². The van der Waals surface area contributed by atoms with Gasteiger partial charge < -0.3 is 9.47 Å². The maximum atomic E-state index is 11.6. The molecule has 19 heavy (non-hydrogen) atoms. The molecule has 1 aromatic heterocycles. The second-order valence-electron chi connectivity index (χ2n) is 5.21. The molecule has 2 rings (SSSR count). The van der Waals surface area contributed by atoms with E-state index >= 15 is 0 Å². The monoisotopic (exact) mass is 259 g/mol. The molecule has 0 atom stereocenters. The SMILES string of the molecule is CC(C)(C)OC(=O)COc1cccc2cccnc12. The molecule has 0 unspecified atom stereocenters. The van der Waals surface area contributed by atoms with Gasteiger partial charge in [-0.3, -0.25) is 4.98 Å². The fourth-order valence-corrected chi connectivity index (χ4v) is 1.70. The van der Waals surface area contributed by atoms with Crippen LogP contribution in [0.4, 0.5) is 0 Å². The zero-order valence-corrected chi connectivity index (χ0v) is 11.3. The molecule has 0 amide bonds. The zero-order chi connectivity index (χ0) is 13.9. The van der Waals surface area contributed by atoms with E-state index in [2.05, 4.69) is 4.98 Å². The number of pyridine rings is 1. The molecule has 0 N–H and O–H groups in total. The van der Waals surface area contributed by atoms with E-state index in [4.69, 9.17) is 9.47 Å². The Balaban J connectivity index is 2.08. The molecule has 0 radical (unpaired) electrons. The molecule has 4 nitrogen and oxygen atoms in total. The Kier molecular flexibility index (Phi) is 3.69. The van der Waals surface area contributed by atoms with Crippen LogP contribution >= 0.6 is 0 Å². The number of hydrogen-bond donors (Lipinski definition) is 0. The highest BCUT2D eigenvalue weighted by Crippen LogP contribution is 2.22. The van der Waals surface area contributed by atoms with Crippen molar-refractivity contribution in [2.75, 3.05) is 6.61 Å². The summed E-state index contributed by atoms with van der Waals surface area (Å²) in [5.41, 5.74) is 0.242. The minimum atomic E-state index is -0.503. The van der Waals surface area contributed by atoms with E-state index in [0.717, 1.165) is 10.9 Å². The number of rotatable bonds is 3. The van der Waals surface area contributed by atoms with E-state index in [1.54, 1.807) is 12.3 Å². The highest BCUT2D eigenvalue weighted by atomic mass is 16.6. The Morgan fingerprint density at radius 1 is 1.21 bits per heavy atom. The Hall–Kier alpha value is -2.10. The molecule has 1 aromatic carbocycles. The van der Waals surface area contributed by atoms with Crippen LogP contribution in [0.5, 0.6) is 5.75 Å². The molecule has 4 heteroatoms. The lowest BCUT2D eigenvalue weighted by molar-refractivity contribution is -0.157. The van der Waals surface area contributed by atoms with Gasteiger partial charge in [0.1, 0.15) is 16.9 Å². The van der Waals surface area contributed by atoms with E-state index < -0.39 is 5.60 Å². The van der Waals surface area contributed by atoms with Crippen molar-refractivity contribution in [3.63, 3.8) is 0 Å². The van der Waals surface area contributed by atoms with E-state index in [1.165, 1.54) is 0 Å². The van der Waals surface area contributed by atoms with Crippen molar-refractivity contribution in [1.82, 2.24) is 4.98 Å². The quantitative estimate of drug-likeness (QED) is 0.795. The second kappa shape index (κ2) is 5.26. The normalized spacial score (nSPS) is 11.3. The number of carbonyl (C=O) groups is 1. The predicted molar refractivity (Wildman–Crippen MR) is 73.1 cm³/mol. The molecular formula is C15H17NO3. The topological polar surface area (TPSA) is 48.4 Å². The minimum Gasteiger partial charge on any atom is -0.480 e. The van der Waals surface area contributed by atoms with Crippen LogP contribution in [0.3, 0.4) is 0 Å². The average Bonchev–Trinajstić information content (AvgIpc) is 2.34. The van der Waals surface area contributed by atoms with Gasteiger partial charge in [0.05, 0.1) is 0 Å². The molecule has 0 saturated heterocycles. The molecule has 0 saturated carbocycles. The summed E-state index contributed by atoms with van der Waals surface area (Å²) < 4.78 is 10.7. The van der Waals surface area contributed by atoms with Crippen molar-refractivity contribution in [3.05, 3.63) is 36.5 Å². The zero-order valence-electron chi connectivity index (χ0n) is 11.3. The van der Waals surface area contributed by atoms with Crippen molar-refractivity contribution in [2.45, 2.75) is 26.4 Å². The molecule has 2 aromatic rings. The summed E-state index contributed by atoms with van der Waals surface area (Å²) in [5.74, 6) is 0.199. The Morgan fingerprint density at radius 2 is 1.95 bits per heavy atom. The van der Waals surface area contributed by atoms with Crippen molar-refractivity contribution in [1.29, 1.82) is 0 Å². The molecule has 0 bridgehead atoms. The molecule has 0 aliphatic rings. The molecule has 0 aliphatic heterocycles. The molecule has 0 aliphatic carbocycles. The van der Waals surface area contributed by atoms with Crippen molar-refractivity contribution >= 4 is 16.9 Å². The summed E-state index contributed by atoms with van der Waals surface area (Å²) >= 11 is 0. The average molecular weight is 259 g/mol. The lowest BCUT2D eigenvalue weighted by atomic mass is 10.2. The number of benzene rings is 1. The lowest BCUT2D eigenvalue weighted by Gasteiger charge is -2.19. The van der Waals surface area contributed by atoms with Crippen LogP contribution in [0.1, 0.15) is 20.8 Å². The van der Waals surface area contributed by atoms with Gasteiger partial charge in [0.25, 0.3) is 0 Å². The van der Waals surface area contributed by atoms with Gasteiger partial charge in [0, 0.05) is 11.6 Å². The second-order valence-corrected chi connectivity index (χ2v) is 5.21. The summed E-state index contributed by atoms with van der Waals surface area (Å²) in [6.07, 6.45) is 1.70. The van der Waals surface area contributed by atoms with Gasteiger partial charge in [-0.25, -0.2) is 4.79 Å². The number of esters is 1. The van der Waals surface area contributed by atoms with Gasteiger partial charge in [-0.05, 0) is 32.9 Å². The van der Waals surface area contributed by atoms with Gasteiger partial charge in [0.15, 0.2) is 6.61 Å². The third-order valence-corrected chi connectivity index (χ3v) is 2.36. The van der Waals surface area contributed by atoms with E-state index in [9.17, 15) is 4.79 Å². The first kappa shape index (κ1) is 13.3. The number of fused-ring (bicyclic) bond motifs is 1. The van der Waals surface area contributed by atoms with Gasteiger partial charge in [-0.2, -0.15) is 0 Å². The highest BCUT2D eigenvalue weighted by molar-refractivity contribution is 5.84. The first-order valence-electron chi connectivity index (χ1n) is 6.14. The lowest BCUT2D eigenvalue weighted by Crippen LogP contribution is -2.27. The Bertz CT molecular complexity index is 582. The Labute approximate surface area is 112 Å². The smallest absolute Gasteiger partial charge is 0.344 e. The molecule has 0 fully saturated rings. The standard InChI is InChI=1S/C15H17NO3/c1-15(2,3)19-13(17)10-18-12-8-4-6-11-7-5-9-16-14(11)12/h4-9H,10H2,1-3H3. The van der Waals surface area contributed by atoms with Crippen molar-refractivity contribution < 1.29 is 14.3 Å². The maximum absolute atomic E-state index is 11.6. The molecule has 100 valence electrons. The molecule has 0 spiro atoms. The fraction of sp³-hybridized carbons (Fsp3) is 0.333. The van der Waals surface area contributed by atoms with Crippen LogP contribution in [0.25, 0.3) is 10.9 Å². The van der Waals surface area contributed by atoms with Crippen LogP contribution in [-0.4, -0.2) is 23.2 Å². The summed E-state index contributed by atoms with van der Waals surface area (Å²) in [7, 11) is 0.